The second-order valence-electron chi connectivity index (χ2n) is 5.04. The average molecular weight is 304 g/mol. The van der Waals surface area contributed by atoms with Gasteiger partial charge in [0.15, 0.2) is 0 Å². The van der Waals surface area contributed by atoms with E-state index < -0.39 is 5.92 Å². The SMILES string of the molecule is COc1ccc(CC(C#N)C(C#N)=Cc2ccc(O)cc2)cc1. The summed E-state index contributed by atoms with van der Waals surface area (Å²) >= 11 is 0. The van der Waals surface area contributed by atoms with Gasteiger partial charge in [-0.1, -0.05) is 24.3 Å². The van der Waals surface area contributed by atoms with Crippen molar-refractivity contribution in [1.82, 2.24) is 0 Å². The zero-order valence-corrected chi connectivity index (χ0v) is 12.7. The first kappa shape index (κ1) is 16.1. The molecule has 23 heavy (non-hydrogen) atoms. The van der Waals surface area contributed by atoms with Gasteiger partial charge >= 0.3 is 0 Å². The van der Waals surface area contributed by atoms with Crippen molar-refractivity contribution < 1.29 is 9.84 Å². The molecule has 2 aromatic carbocycles. The van der Waals surface area contributed by atoms with Crippen molar-refractivity contribution in [3.05, 3.63) is 65.2 Å². The number of allylic oxidation sites excluding steroid dienone is 1. The highest BCUT2D eigenvalue weighted by Gasteiger charge is 2.14. The Hall–Kier alpha value is -3.24. The summed E-state index contributed by atoms with van der Waals surface area (Å²) < 4.78 is 5.11. The number of benzene rings is 2. The first-order chi connectivity index (χ1) is 11.2. The molecule has 0 fully saturated rings. The number of nitriles is 2. The third kappa shape index (κ3) is 4.36. The van der Waals surface area contributed by atoms with Gasteiger partial charge in [-0.3, -0.25) is 0 Å². The molecule has 2 rings (SSSR count). The molecule has 0 bridgehead atoms. The Labute approximate surface area is 135 Å². The number of nitrogens with zero attached hydrogens (tertiary/aromatic N) is 2. The summed E-state index contributed by atoms with van der Waals surface area (Å²) in [4.78, 5) is 0. The Morgan fingerprint density at radius 1 is 1.13 bits per heavy atom. The monoisotopic (exact) mass is 304 g/mol. The number of methoxy groups -OCH3 is 1. The van der Waals surface area contributed by atoms with Gasteiger partial charge in [0.05, 0.1) is 25.2 Å². The topological polar surface area (TPSA) is 77.0 Å². The molecule has 2 aromatic rings. The fourth-order valence-electron chi connectivity index (χ4n) is 2.18. The van der Waals surface area contributed by atoms with Crippen LogP contribution in [0.25, 0.3) is 6.08 Å². The molecule has 4 heteroatoms. The van der Waals surface area contributed by atoms with Gasteiger partial charge in [0.2, 0.25) is 0 Å². The van der Waals surface area contributed by atoms with Crippen molar-refractivity contribution >= 4 is 6.08 Å². The highest BCUT2D eigenvalue weighted by atomic mass is 16.5. The maximum absolute atomic E-state index is 9.41. The summed E-state index contributed by atoms with van der Waals surface area (Å²) in [6, 6.07) is 18.2. The number of hydrogen-bond acceptors (Lipinski definition) is 4. The van der Waals surface area contributed by atoms with E-state index in [1.165, 1.54) is 0 Å². The van der Waals surface area contributed by atoms with Crippen LogP contribution >= 0.6 is 0 Å². The molecule has 0 aliphatic rings. The van der Waals surface area contributed by atoms with Crippen molar-refractivity contribution in [2.75, 3.05) is 7.11 Å². The summed E-state index contributed by atoms with van der Waals surface area (Å²) in [5.41, 5.74) is 2.13. The van der Waals surface area contributed by atoms with Gasteiger partial charge < -0.3 is 9.84 Å². The van der Waals surface area contributed by atoms with E-state index in [1.54, 1.807) is 37.5 Å². The predicted molar refractivity (Wildman–Crippen MR) is 87.5 cm³/mol. The largest absolute Gasteiger partial charge is 0.508 e. The third-order valence-corrected chi connectivity index (χ3v) is 3.47. The van der Waals surface area contributed by atoms with Crippen molar-refractivity contribution in [3.63, 3.8) is 0 Å². The Bertz CT molecular complexity index is 763. The number of aromatic hydroxyl groups is 1. The van der Waals surface area contributed by atoms with Crippen LogP contribution in [-0.2, 0) is 6.42 Å². The summed E-state index contributed by atoms with van der Waals surface area (Å²) in [6.07, 6.45) is 2.13. The number of phenolic OH excluding ortho intramolecular Hbond substituents is 1. The quantitative estimate of drug-likeness (QED) is 0.855. The van der Waals surface area contributed by atoms with Crippen LogP contribution in [0, 0.1) is 28.6 Å². The van der Waals surface area contributed by atoms with Gasteiger partial charge in [-0.05, 0) is 47.9 Å². The Balaban J connectivity index is 2.21. The van der Waals surface area contributed by atoms with E-state index in [1.807, 2.05) is 24.3 Å². The summed E-state index contributed by atoms with van der Waals surface area (Å²) in [7, 11) is 1.60. The number of rotatable bonds is 5. The Morgan fingerprint density at radius 3 is 2.30 bits per heavy atom. The van der Waals surface area contributed by atoms with Crippen LogP contribution in [0.2, 0.25) is 0 Å². The second kappa shape index (κ2) is 7.68. The van der Waals surface area contributed by atoms with Crippen LogP contribution < -0.4 is 4.74 Å². The molecule has 1 unspecified atom stereocenters. The third-order valence-electron chi connectivity index (χ3n) is 3.47. The number of ether oxygens (including phenoxy) is 1. The van der Waals surface area contributed by atoms with Crippen molar-refractivity contribution in [1.29, 1.82) is 10.5 Å². The molecule has 1 atom stereocenters. The second-order valence-corrected chi connectivity index (χ2v) is 5.04. The van der Waals surface area contributed by atoms with E-state index in [0.29, 0.717) is 12.0 Å². The standard InChI is InChI=1S/C19H16N2O2/c1-23-19-8-4-15(5-9-19)11-17(13-21)16(12-20)10-14-2-6-18(22)7-3-14/h2-10,17,22H,11H2,1H3. The molecule has 114 valence electrons. The molecule has 0 aromatic heterocycles. The van der Waals surface area contributed by atoms with Gasteiger partial charge in [0.25, 0.3) is 0 Å². The lowest BCUT2D eigenvalue weighted by Crippen LogP contribution is -2.04. The average Bonchev–Trinajstić information content (AvgIpc) is 2.60. The van der Waals surface area contributed by atoms with Gasteiger partial charge in [0.1, 0.15) is 11.5 Å². The smallest absolute Gasteiger partial charge is 0.118 e. The first-order valence-corrected chi connectivity index (χ1v) is 7.09. The zero-order valence-electron chi connectivity index (χ0n) is 12.7. The van der Waals surface area contributed by atoms with Crippen molar-refractivity contribution in [2.24, 2.45) is 5.92 Å². The molecule has 1 N–H and O–H groups in total. The molecule has 0 radical (unpaired) electrons. The molecule has 0 saturated heterocycles. The summed E-state index contributed by atoms with van der Waals surface area (Å²) in [5.74, 6) is 0.389. The van der Waals surface area contributed by atoms with Crippen LogP contribution in [0.15, 0.2) is 54.1 Å². The summed E-state index contributed by atoms with van der Waals surface area (Å²) in [6.45, 7) is 0. The van der Waals surface area contributed by atoms with Crippen molar-refractivity contribution in [2.45, 2.75) is 6.42 Å². The minimum atomic E-state index is -0.526. The van der Waals surface area contributed by atoms with Gasteiger partial charge in [0, 0.05) is 5.57 Å². The van der Waals surface area contributed by atoms with E-state index in [2.05, 4.69) is 12.1 Å². The molecular weight excluding hydrogens is 288 g/mol. The minimum absolute atomic E-state index is 0.163. The van der Waals surface area contributed by atoms with Crippen LogP contribution in [0.3, 0.4) is 0 Å². The van der Waals surface area contributed by atoms with Gasteiger partial charge in [-0.15, -0.1) is 0 Å². The fraction of sp³-hybridized carbons (Fsp3) is 0.158. The molecule has 0 amide bonds. The maximum atomic E-state index is 9.41. The normalized spacial score (nSPS) is 12.0. The lowest BCUT2D eigenvalue weighted by atomic mass is 9.92. The number of hydrogen-bond donors (Lipinski definition) is 1. The Morgan fingerprint density at radius 2 is 1.78 bits per heavy atom. The van der Waals surface area contributed by atoms with Crippen LogP contribution in [0.5, 0.6) is 11.5 Å². The van der Waals surface area contributed by atoms with Crippen LogP contribution in [0.1, 0.15) is 11.1 Å². The lowest BCUT2D eigenvalue weighted by molar-refractivity contribution is 0.414. The van der Waals surface area contributed by atoms with E-state index in [9.17, 15) is 15.6 Å². The molecule has 0 spiro atoms. The van der Waals surface area contributed by atoms with E-state index in [-0.39, 0.29) is 5.75 Å². The number of phenols is 1. The van der Waals surface area contributed by atoms with Crippen LogP contribution in [-0.4, -0.2) is 12.2 Å². The van der Waals surface area contributed by atoms with E-state index in [4.69, 9.17) is 4.74 Å². The minimum Gasteiger partial charge on any atom is -0.508 e. The van der Waals surface area contributed by atoms with E-state index in [0.717, 1.165) is 16.9 Å². The fourth-order valence-corrected chi connectivity index (χ4v) is 2.18. The first-order valence-electron chi connectivity index (χ1n) is 7.09. The molecule has 0 aliphatic carbocycles. The predicted octanol–water partition coefficient (Wildman–Crippen LogP) is 3.69. The van der Waals surface area contributed by atoms with Crippen LogP contribution in [0.4, 0.5) is 0 Å². The maximum Gasteiger partial charge on any atom is 0.118 e. The molecule has 0 saturated carbocycles. The molecule has 0 heterocycles. The van der Waals surface area contributed by atoms with Gasteiger partial charge in [-0.25, -0.2) is 0 Å². The summed E-state index contributed by atoms with van der Waals surface area (Å²) in [5, 5.41) is 28.1. The van der Waals surface area contributed by atoms with Crippen molar-refractivity contribution in [3.8, 4) is 23.6 Å². The molecule has 0 aliphatic heterocycles. The highest BCUT2D eigenvalue weighted by Crippen LogP contribution is 2.21. The Kier molecular flexibility index (Phi) is 5.39. The van der Waals surface area contributed by atoms with E-state index >= 15 is 0 Å². The van der Waals surface area contributed by atoms with Gasteiger partial charge in [-0.2, -0.15) is 10.5 Å². The zero-order chi connectivity index (χ0) is 16.7. The molecular formula is C19H16N2O2. The lowest BCUT2D eigenvalue weighted by Gasteiger charge is -2.09. The highest BCUT2D eigenvalue weighted by molar-refractivity contribution is 5.59. The molecule has 4 nitrogen and oxygen atoms in total.